The van der Waals surface area contributed by atoms with Gasteiger partial charge in [-0.3, -0.25) is 4.68 Å². The van der Waals surface area contributed by atoms with E-state index in [1.54, 1.807) is 0 Å². The highest BCUT2D eigenvalue weighted by Gasteiger charge is 2.60. The first kappa shape index (κ1) is 23.7. The molecule has 3 aromatic rings. The maximum atomic E-state index is 13.1. The van der Waals surface area contributed by atoms with Gasteiger partial charge >= 0.3 is 6.18 Å². The molecule has 1 N–H and O–H groups in total. The Morgan fingerprint density at radius 3 is 2.39 bits per heavy atom. The second-order valence-electron chi connectivity index (χ2n) is 10.3. The van der Waals surface area contributed by atoms with Crippen molar-refractivity contribution in [2.45, 2.75) is 37.4 Å². The summed E-state index contributed by atoms with van der Waals surface area (Å²) in [5, 5.41) is 4.72. The molecule has 2 fully saturated rings. The third kappa shape index (κ3) is 3.95. The second kappa shape index (κ2) is 8.16. The SMILES string of the molecule is Cn1nc(-c2ccc3c(c2)CC2CCC(C3)C23CN(CC(F)(F)F)S(=O)(=O)N3)cc1-c1ccccc1. The second-order valence-corrected chi connectivity index (χ2v) is 12.0. The van der Waals surface area contributed by atoms with Crippen LogP contribution >= 0.6 is 0 Å². The molecule has 2 aromatic carbocycles. The molecule has 0 radical (unpaired) electrons. The van der Waals surface area contributed by atoms with E-state index in [2.05, 4.69) is 22.9 Å². The van der Waals surface area contributed by atoms with Crippen molar-refractivity contribution in [3.8, 4) is 22.5 Å². The molecule has 190 valence electrons. The Balaban J connectivity index is 1.31. The van der Waals surface area contributed by atoms with Crippen molar-refractivity contribution in [1.29, 1.82) is 0 Å². The van der Waals surface area contributed by atoms with Gasteiger partial charge in [-0.15, -0.1) is 0 Å². The van der Waals surface area contributed by atoms with Crippen molar-refractivity contribution in [2.24, 2.45) is 18.9 Å². The van der Waals surface area contributed by atoms with Crippen molar-refractivity contribution in [1.82, 2.24) is 18.8 Å². The first-order valence-electron chi connectivity index (χ1n) is 12.1. The van der Waals surface area contributed by atoms with E-state index in [-0.39, 0.29) is 18.4 Å². The fourth-order valence-corrected chi connectivity index (χ4v) is 8.20. The van der Waals surface area contributed by atoms with Crippen molar-refractivity contribution < 1.29 is 21.6 Å². The van der Waals surface area contributed by atoms with Crippen LogP contribution in [0.15, 0.2) is 54.6 Å². The average molecular weight is 517 g/mol. The molecule has 1 saturated heterocycles. The van der Waals surface area contributed by atoms with Gasteiger partial charge in [0.2, 0.25) is 0 Å². The number of benzene rings is 2. The highest BCUT2D eigenvalue weighted by molar-refractivity contribution is 7.87. The molecule has 3 aliphatic rings. The Morgan fingerprint density at radius 2 is 1.69 bits per heavy atom. The van der Waals surface area contributed by atoms with E-state index >= 15 is 0 Å². The normalized spacial score (nSPS) is 27.3. The van der Waals surface area contributed by atoms with E-state index in [0.29, 0.717) is 17.1 Å². The Morgan fingerprint density at radius 1 is 1.00 bits per heavy atom. The predicted molar refractivity (Wildman–Crippen MR) is 130 cm³/mol. The van der Waals surface area contributed by atoms with Crippen molar-refractivity contribution in [3.05, 3.63) is 65.7 Å². The maximum Gasteiger partial charge on any atom is 0.402 e. The molecular formula is C26H27F3N4O2S. The zero-order valence-corrected chi connectivity index (χ0v) is 20.6. The standard InChI is InChI=1S/C26H27F3N4O2S/c1-32-24(17-5-3-2-4-6-17)14-23(30-32)19-8-7-18-12-21-9-10-22(13-20(18)11-19)25(21)15-33(16-26(27,28)29)36(34,35)31-25/h2-8,11,14,21-22,31H,9-10,12-13,15-16H2,1H3. The number of fused-ring (bicyclic) bond motifs is 1. The Hall–Kier alpha value is -2.69. The summed E-state index contributed by atoms with van der Waals surface area (Å²) in [6.45, 7) is -1.59. The van der Waals surface area contributed by atoms with Crippen LogP contribution in [0.4, 0.5) is 13.2 Å². The van der Waals surface area contributed by atoms with Crippen LogP contribution < -0.4 is 4.72 Å². The monoisotopic (exact) mass is 516 g/mol. The van der Waals surface area contributed by atoms with Gasteiger partial charge in [0.15, 0.2) is 0 Å². The third-order valence-corrected chi connectivity index (χ3v) is 9.73. The van der Waals surface area contributed by atoms with Gasteiger partial charge < -0.3 is 0 Å². The number of nitrogens with zero attached hydrogens (tertiary/aromatic N) is 3. The Bertz CT molecular complexity index is 1420. The molecule has 0 amide bonds. The molecule has 1 spiro atoms. The molecule has 1 aromatic heterocycles. The van der Waals surface area contributed by atoms with Crippen LogP contribution in [0.1, 0.15) is 24.0 Å². The van der Waals surface area contributed by atoms with E-state index in [1.807, 2.05) is 48.1 Å². The number of rotatable bonds is 3. The number of aryl methyl sites for hydroxylation is 1. The largest absolute Gasteiger partial charge is 0.402 e. The smallest absolute Gasteiger partial charge is 0.267 e. The van der Waals surface area contributed by atoms with Gasteiger partial charge in [-0.25, -0.2) is 0 Å². The zero-order valence-electron chi connectivity index (χ0n) is 19.8. The summed E-state index contributed by atoms with van der Waals surface area (Å²) >= 11 is 0. The fourth-order valence-electron chi connectivity index (χ4n) is 6.49. The van der Waals surface area contributed by atoms with Crippen LogP contribution in [0, 0.1) is 11.8 Å². The van der Waals surface area contributed by atoms with Gasteiger partial charge in [-0.05, 0) is 66.3 Å². The summed E-state index contributed by atoms with van der Waals surface area (Å²) in [5.41, 5.74) is 5.30. The van der Waals surface area contributed by atoms with E-state index in [4.69, 9.17) is 5.10 Å². The number of aromatic nitrogens is 2. The summed E-state index contributed by atoms with van der Waals surface area (Å²) in [5.74, 6) is -0.0993. The van der Waals surface area contributed by atoms with Gasteiger partial charge in [0.1, 0.15) is 6.54 Å². The van der Waals surface area contributed by atoms with Crippen LogP contribution in [-0.4, -0.2) is 47.3 Å². The van der Waals surface area contributed by atoms with Gasteiger partial charge in [0, 0.05) is 19.2 Å². The number of hydrogen-bond acceptors (Lipinski definition) is 3. The molecule has 2 bridgehead atoms. The van der Waals surface area contributed by atoms with Gasteiger partial charge in [-0.1, -0.05) is 42.5 Å². The zero-order chi connectivity index (χ0) is 25.3. The molecule has 3 atom stereocenters. The Labute approximate surface area is 208 Å². The Kier molecular flexibility index (Phi) is 5.37. The summed E-state index contributed by atoms with van der Waals surface area (Å²) < 4.78 is 69.9. The molecule has 6 rings (SSSR count). The van der Waals surface area contributed by atoms with Crippen LogP contribution in [0.25, 0.3) is 22.5 Å². The molecule has 36 heavy (non-hydrogen) atoms. The van der Waals surface area contributed by atoms with Crippen molar-refractivity contribution in [2.75, 3.05) is 13.1 Å². The number of alkyl halides is 3. The van der Waals surface area contributed by atoms with E-state index in [0.717, 1.165) is 46.5 Å². The molecule has 10 heteroatoms. The number of halogens is 3. The van der Waals surface area contributed by atoms with Gasteiger partial charge in [0.25, 0.3) is 10.2 Å². The minimum absolute atomic E-state index is 0.0397. The lowest BCUT2D eigenvalue weighted by Crippen LogP contribution is -2.52. The lowest BCUT2D eigenvalue weighted by atomic mass is 9.79. The number of nitrogens with one attached hydrogen (secondary N) is 1. The van der Waals surface area contributed by atoms with Crippen molar-refractivity contribution >= 4 is 10.2 Å². The summed E-state index contributed by atoms with van der Waals surface area (Å²) in [4.78, 5) is 0. The number of hydrogen-bond donors (Lipinski definition) is 1. The summed E-state index contributed by atoms with van der Waals surface area (Å²) in [6.07, 6.45) is -1.72. The molecule has 1 saturated carbocycles. The quantitative estimate of drug-likeness (QED) is 0.564. The maximum absolute atomic E-state index is 13.1. The first-order chi connectivity index (χ1) is 17.0. The van der Waals surface area contributed by atoms with E-state index in [1.165, 1.54) is 0 Å². The molecule has 2 heterocycles. The molecule has 1 aliphatic heterocycles. The summed E-state index contributed by atoms with van der Waals surface area (Å²) in [7, 11) is -2.27. The van der Waals surface area contributed by atoms with E-state index < -0.39 is 28.5 Å². The van der Waals surface area contributed by atoms with Gasteiger partial charge in [0.05, 0.1) is 16.9 Å². The average Bonchev–Trinajstić information content (AvgIpc) is 3.38. The summed E-state index contributed by atoms with van der Waals surface area (Å²) in [6, 6.07) is 18.3. The minimum Gasteiger partial charge on any atom is -0.267 e. The molecule has 2 aliphatic carbocycles. The van der Waals surface area contributed by atoms with Crippen molar-refractivity contribution in [3.63, 3.8) is 0 Å². The molecular weight excluding hydrogens is 489 g/mol. The lowest BCUT2D eigenvalue weighted by molar-refractivity contribution is -0.136. The highest BCUT2D eigenvalue weighted by Crippen LogP contribution is 2.50. The molecule has 3 unspecified atom stereocenters. The lowest BCUT2D eigenvalue weighted by Gasteiger charge is -2.33. The minimum atomic E-state index is -4.58. The topological polar surface area (TPSA) is 67.2 Å². The van der Waals surface area contributed by atoms with Gasteiger partial charge in [-0.2, -0.15) is 35.7 Å². The fraction of sp³-hybridized carbons (Fsp3) is 0.423. The first-order valence-corrected chi connectivity index (χ1v) is 13.6. The van der Waals surface area contributed by atoms with Crippen LogP contribution in [0.2, 0.25) is 0 Å². The van der Waals surface area contributed by atoms with Crippen LogP contribution in [-0.2, 0) is 30.1 Å². The molecule has 6 nitrogen and oxygen atoms in total. The van der Waals surface area contributed by atoms with Crippen LogP contribution in [0.3, 0.4) is 0 Å². The predicted octanol–water partition coefficient (Wildman–Crippen LogP) is 4.33. The highest BCUT2D eigenvalue weighted by atomic mass is 32.2. The van der Waals surface area contributed by atoms with Crippen LogP contribution in [0.5, 0.6) is 0 Å². The third-order valence-electron chi connectivity index (χ3n) is 8.16. The van der Waals surface area contributed by atoms with E-state index in [9.17, 15) is 21.6 Å².